The zero-order valence-corrected chi connectivity index (χ0v) is 16.2. The number of nitrogens with zero attached hydrogens (tertiary/aromatic N) is 3. The maximum absolute atomic E-state index is 14.6. The smallest absolute Gasteiger partial charge is 0.341 e. The maximum atomic E-state index is 14.6. The lowest BCUT2D eigenvalue weighted by Gasteiger charge is -2.24. The van der Waals surface area contributed by atoms with E-state index >= 15 is 0 Å². The van der Waals surface area contributed by atoms with Gasteiger partial charge < -0.3 is 14.0 Å². The molecule has 156 valence electrons. The van der Waals surface area contributed by atoms with Crippen molar-refractivity contribution in [3.63, 3.8) is 0 Å². The summed E-state index contributed by atoms with van der Waals surface area (Å²) in [6, 6.07) is 6.75. The molecule has 1 fully saturated rings. The van der Waals surface area contributed by atoms with Gasteiger partial charge >= 0.3 is 5.97 Å². The van der Waals surface area contributed by atoms with Crippen LogP contribution in [0.3, 0.4) is 0 Å². The number of ether oxygens (including phenoxy) is 2. The molecule has 3 heterocycles. The SMILES string of the molecule is COC(=O)c1cn(Cc2ccc(Cn3cc(F)ccc3=O)c(F)c2)nc1C1COC1. The van der Waals surface area contributed by atoms with Gasteiger partial charge in [0.05, 0.1) is 45.0 Å². The summed E-state index contributed by atoms with van der Waals surface area (Å²) in [5, 5.41) is 4.46. The Morgan fingerprint density at radius 3 is 2.67 bits per heavy atom. The van der Waals surface area contributed by atoms with Gasteiger partial charge in [0.2, 0.25) is 0 Å². The Labute approximate surface area is 170 Å². The van der Waals surface area contributed by atoms with Crippen LogP contribution < -0.4 is 5.56 Å². The number of halogens is 2. The first kappa shape index (κ1) is 20.0. The summed E-state index contributed by atoms with van der Waals surface area (Å²) in [5.74, 6) is -1.54. The lowest BCUT2D eigenvalue weighted by atomic mass is 10.0. The third-order valence-electron chi connectivity index (χ3n) is 4.97. The normalized spacial score (nSPS) is 13.8. The quantitative estimate of drug-likeness (QED) is 0.578. The second kappa shape index (κ2) is 8.19. The fourth-order valence-corrected chi connectivity index (χ4v) is 3.29. The third kappa shape index (κ3) is 4.02. The molecule has 0 amide bonds. The fourth-order valence-electron chi connectivity index (χ4n) is 3.29. The maximum Gasteiger partial charge on any atom is 0.341 e. The highest BCUT2D eigenvalue weighted by atomic mass is 19.1. The highest BCUT2D eigenvalue weighted by Gasteiger charge is 2.29. The molecule has 0 aliphatic carbocycles. The predicted molar refractivity (Wildman–Crippen MR) is 102 cm³/mol. The molecule has 1 aliphatic rings. The molecule has 30 heavy (non-hydrogen) atoms. The molecular weight excluding hydrogens is 396 g/mol. The number of pyridine rings is 1. The zero-order valence-electron chi connectivity index (χ0n) is 16.2. The predicted octanol–water partition coefficient (Wildman–Crippen LogP) is 2.32. The average molecular weight is 415 g/mol. The molecular formula is C21H19F2N3O4. The van der Waals surface area contributed by atoms with Crippen LogP contribution in [0.15, 0.2) is 47.5 Å². The van der Waals surface area contributed by atoms with E-state index in [-0.39, 0.29) is 24.6 Å². The molecule has 3 aromatic rings. The molecule has 0 unspecified atom stereocenters. The number of rotatable bonds is 6. The Morgan fingerprint density at radius 2 is 2.00 bits per heavy atom. The highest BCUT2D eigenvalue weighted by Crippen LogP contribution is 2.26. The third-order valence-corrected chi connectivity index (χ3v) is 4.97. The van der Waals surface area contributed by atoms with Gasteiger partial charge in [-0.05, 0) is 17.7 Å². The minimum absolute atomic E-state index is 0.0315. The van der Waals surface area contributed by atoms with Crippen molar-refractivity contribution in [1.29, 1.82) is 0 Å². The van der Waals surface area contributed by atoms with E-state index in [1.165, 1.54) is 13.2 Å². The molecule has 1 saturated heterocycles. The minimum Gasteiger partial charge on any atom is -0.465 e. The van der Waals surface area contributed by atoms with Crippen LogP contribution in [0.25, 0.3) is 0 Å². The van der Waals surface area contributed by atoms with E-state index in [1.54, 1.807) is 23.0 Å². The van der Waals surface area contributed by atoms with Crippen LogP contribution in [0.4, 0.5) is 8.78 Å². The van der Waals surface area contributed by atoms with Gasteiger partial charge in [0.25, 0.3) is 5.56 Å². The number of hydrogen-bond donors (Lipinski definition) is 0. The van der Waals surface area contributed by atoms with Crippen molar-refractivity contribution in [3.8, 4) is 0 Å². The number of methoxy groups -OCH3 is 1. The molecule has 0 N–H and O–H groups in total. The standard InChI is InChI=1S/C21H19F2N3O4/c1-29-21(28)17-10-26(24-20(17)15-11-30-12-15)7-13-2-3-14(18(23)6-13)8-25-9-16(22)4-5-19(25)27/h2-6,9-10,15H,7-8,11-12H2,1H3. The molecule has 1 aromatic carbocycles. The van der Waals surface area contributed by atoms with Gasteiger partial charge in [-0.25, -0.2) is 13.6 Å². The summed E-state index contributed by atoms with van der Waals surface area (Å²) in [6.45, 7) is 1.14. The van der Waals surface area contributed by atoms with E-state index in [1.807, 2.05) is 0 Å². The average Bonchev–Trinajstić information content (AvgIpc) is 3.07. The van der Waals surface area contributed by atoms with Gasteiger partial charge in [-0.1, -0.05) is 12.1 Å². The Hall–Kier alpha value is -3.33. The van der Waals surface area contributed by atoms with Crippen molar-refractivity contribution in [1.82, 2.24) is 14.3 Å². The minimum atomic E-state index is -0.570. The number of carbonyl (C=O) groups is 1. The number of esters is 1. The van der Waals surface area contributed by atoms with Crippen molar-refractivity contribution >= 4 is 5.97 Å². The van der Waals surface area contributed by atoms with Crippen LogP contribution >= 0.6 is 0 Å². The summed E-state index contributed by atoms with van der Waals surface area (Å²) in [6.07, 6.45) is 2.62. The van der Waals surface area contributed by atoms with E-state index in [9.17, 15) is 18.4 Å². The molecule has 1 aliphatic heterocycles. The Morgan fingerprint density at radius 1 is 1.20 bits per heavy atom. The lowest BCUT2D eigenvalue weighted by molar-refractivity contribution is 0.00585. The summed E-state index contributed by atoms with van der Waals surface area (Å²) in [4.78, 5) is 23.8. The molecule has 0 bridgehead atoms. The topological polar surface area (TPSA) is 75.4 Å². The van der Waals surface area contributed by atoms with Crippen molar-refractivity contribution in [3.05, 3.63) is 87.1 Å². The van der Waals surface area contributed by atoms with E-state index in [2.05, 4.69) is 5.10 Å². The van der Waals surface area contributed by atoms with Gasteiger partial charge in [0.1, 0.15) is 17.2 Å². The number of carbonyl (C=O) groups excluding carboxylic acids is 1. The van der Waals surface area contributed by atoms with Crippen molar-refractivity contribution in [2.45, 2.75) is 19.0 Å². The first-order chi connectivity index (χ1) is 14.4. The first-order valence-corrected chi connectivity index (χ1v) is 9.31. The monoisotopic (exact) mass is 415 g/mol. The number of aromatic nitrogens is 3. The summed E-state index contributed by atoms with van der Waals surface area (Å²) < 4.78 is 40.6. The number of benzene rings is 1. The van der Waals surface area contributed by atoms with Gasteiger partial charge in [-0.2, -0.15) is 5.10 Å². The second-order valence-corrected chi connectivity index (χ2v) is 7.09. The highest BCUT2D eigenvalue weighted by molar-refractivity contribution is 5.90. The molecule has 9 heteroatoms. The van der Waals surface area contributed by atoms with Crippen molar-refractivity contribution < 1.29 is 23.0 Å². The molecule has 0 saturated carbocycles. The van der Waals surface area contributed by atoms with Crippen LogP contribution in [0.5, 0.6) is 0 Å². The fraction of sp³-hybridized carbons (Fsp3) is 0.286. The molecule has 0 radical (unpaired) electrons. The van der Waals surface area contributed by atoms with E-state index in [4.69, 9.17) is 9.47 Å². The van der Waals surface area contributed by atoms with Gasteiger partial charge in [-0.3, -0.25) is 9.48 Å². The molecule has 4 rings (SSSR count). The molecule has 0 atom stereocenters. The van der Waals surface area contributed by atoms with Crippen LogP contribution in [0, 0.1) is 11.6 Å². The van der Waals surface area contributed by atoms with Gasteiger partial charge in [-0.15, -0.1) is 0 Å². The molecule has 7 nitrogen and oxygen atoms in total. The summed E-state index contributed by atoms with van der Waals surface area (Å²) in [5.41, 5.74) is 1.44. The van der Waals surface area contributed by atoms with Gasteiger partial charge in [0.15, 0.2) is 0 Å². The van der Waals surface area contributed by atoms with Crippen LogP contribution in [-0.4, -0.2) is 40.6 Å². The lowest BCUT2D eigenvalue weighted by Crippen LogP contribution is -2.27. The Balaban J connectivity index is 1.55. The first-order valence-electron chi connectivity index (χ1n) is 9.31. The van der Waals surface area contributed by atoms with Gasteiger partial charge in [0, 0.05) is 24.0 Å². The Kier molecular flexibility index (Phi) is 5.45. The number of hydrogen-bond acceptors (Lipinski definition) is 5. The van der Waals surface area contributed by atoms with Crippen LogP contribution in [0.1, 0.15) is 33.1 Å². The van der Waals surface area contributed by atoms with Crippen molar-refractivity contribution in [2.24, 2.45) is 0 Å². The van der Waals surface area contributed by atoms with E-state index < -0.39 is 23.2 Å². The van der Waals surface area contributed by atoms with Crippen molar-refractivity contribution in [2.75, 3.05) is 20.3 Å². The molecule has 0 spiro atoms. The van der Waals surface area contributed by atoms with E-state index in [0.29, 0.717) is 30.0 Å². The largest absolute Gasteiger partial charge is 0.465 e. The van der Waals surface area contributed by atoms with Crippen LogP contribution in [0.2, 0.25) is 0 Å². The van der Waals surface area contributed by atoms with E-state index in [0.717, 1.165) is 22.9 Å². The van der Waals surface area contributed by atoms with Crippen LogP contribution in [-0.2, 0) is 22.6 Å². The summed E-state index contributed by atoms with van der Waals surface area (Å²) >= 11 is 0. The second-order valence-electron chi connectivity index (χ2n) is 7.09. The molecule has 2 aromatic heterocycles. The zero-order chi connectivity index (χ0) is 21.3. The Bertz CT molecular complexity index is 1150. The summed E-state index contributed by atoms with van der Waals surface area (Å²) in [7, 11) is 1.30.